The van der Waals surface area contributed by atoms with E-state index in [2.05, 4.69) is 0 Å². The molecule has 0 atom stereocenters. The predicted molar refractivity (Wildman–Crippen MR) is 98.7 cm³/mol. The molecule has 0 aliphatic carbocycles. The summed E-state index contributed by atoms with van der Waals surface area (Å²) in [6.45, 7) is 7.52. The maximum absolute atomic E-state index is 13.0. The van der Waals surface area contributed by atoms with Gasteiger partial charge in [-0.3, -0.25) is 4.79 Å². The first-order chi connectivity index (χ1) is 12.4. The lowest BCUT2D eigenvalue weighted by Crippen LogP contribution is -2.51. The van der Waals surface area contributed by atoms with E-state index in [9.17, 15) is 9.59 Å². The number of benzene rings is 1. The number of hydrogen-bond donors (Lipinski definition) is 0. The van der Waals surface area contributed by atoms with Crippen LogP contribution < -0.4 is 0 Å². The molecular weight excluding hydrogens is 358 g/mol. The van der Waals surface area contributed by atoms with E-state index in [0.717, 1.165) is 16.7 Å². The number of amides is 2. The van der Waals surface area contributed by atoms with Gasteiger partial charge in [-0.25, -0.2) is 14.8 Å². The first-order valence-electron chi connectivity index (χ1n) is 8.66. The van der Waals surface area contributed by atoms with Crippen LogP contribution in [0.4, 0.5) is 4.79 Å². The molecule has 7 nitrogen and oxygen atoms in total. The molecule has 0 N–H and O–H groups in total. The van der Waals surface area contributed by atoms with Gasteiger partial charge < -0.3 is 9.57 Å². The average Bonchev–Trinajstić information content (AvgIpc) is 2.80. The number of nitrogens with zero attached hydrogens (tertiary/aromatic N) is 3. The molecule has 1 aliphatic rings. The summed E-state index contributed by atoms with van der Waals surface area (Å²) >= 11 is 6.08. The number of carbonyl (C=O) groups excluding carboxylic acids is 2. The summed E-state index contributed by atoms with van der Waals surface area (Å²) in [5, 5.41) is 5.20. The fourth-order valence-electron chi connectivity index (χ4n) is 3.06. The largest absolute Gasteiger partial charge is 0.448 e. The summed E-state index contributed by atoms with van der Waals surface area (Å²) in [5.74, 6) is -0.162. The van der Waals surface area contributed by atoms with Crippen molar-refractivity contribution in [2.45, 2.75) is 27.2 Å². The number of hydroxylamine groups is 2. The van der Waals surface area contributed by atoms with Crippen LogP contribution >= 0.6 is 11.6 Å². The van der Waals surface area contributed by atoms with Crippen molar-refractivity contribution in [2.24, 2.45) is 0 Å². The van der Waals surface area contributed by atoms with Crippen molar-refractivity contribution in [1.82, 2.24) is 15.1 Å². The van der Waals surface area contributed by atoms with E-state index in [1.807, 2.05) is 26.0 Å². The molecule has 0 aromatic heterocycles. The Morgan fingerprint density at radius 2 is 1.65 bits per heavy atom. The summed E-state index contributed by atoms with van der Waals surface area (Å²) in [6, 6.07) is 3.69. The molecule has 0 saturated carbocycles. The smallest absolute Gasteiger partial charge is 0.428 e. The number of hydrazine groups is 1. The van der Waals surface area contributed by atoms with Crippen LogP contribution in [0.5, 0.6) is 0 Å². The molecule has 1 aromatic carbocycles. The van der Waals surface area contributed by atoms with Crippen molar-refractivity contribution in [2.75, 3.05) is 39.9 Å². The van der Waals surface area contributed by atoms with Gasteiger partial charge >= 0.3 is 6.09 Å². The summed E-state index contributed by atoms with van der Waals surface area (Å²) < 4.78 is 5.12. The number of halogens is 1. The van der Waals surface area contributed by atoms with Gasteiger partial charge in [-0.1, -0.05) is 11.6 Å². The topological polar surface area (TPSA) is 62.3 Å². The third-order valence-electron chi connectivity index (χ3n) is 4.43. The van der Waals surface area contributed by atoms with Crippen LogP contribution in [-0.4, -0.2) is 67.0 Å². The van der Waals surface area contributed by atoms with Crippen molar-refractivity contribution in [3.63, 3.8) is 0 Å². The molecular formula is C18H26ClN3O4. The van der Waals surface area contributed by atoms with E-state index in [-0.39, 0.29) is 18.9 Å². The molecule has 1 aliphatic heterocycles. The Bertz CT molecular complexity index is 645. The van der Waals surface area contributed by atoms with Gasteiger partial charge in [0.2, 0.25) is 5.91 Å². The van der Waals surface area contributed by atoms with Gasteiger partial charge in [0.1, 0.15) is 0 Å². The third-order valence-corrected chi connectivity index (χ3v) is 4.65. The van der Waals surface area contributed by atoms with Crippen LogP contribution in [0.25, 0.3) is 0 Å². The second kappa shape index (κ2) is 9.21. The maximum Gasteiger partial charge on any atom is 0.428 e. The average molecular weight is 384 g/mol. The molecule has 1 heterocycles. The molecule has 26 heavy (non-hydrogen) atoms. The fourth-order valence-corrected chi connectivity index (χ4v) is 3.38. The number of carbonyl (C=O) groups is 2. The Morgan fingerprint density at radius 1 is 1.08 bits per heavy atom. The lowest BCUT2D eigenvalue weighted by molar-refractivity contribution is -0.145. The Hall–Kier alpha value is -1.83. The first kappa shape index (κ1) is 20.5. The maximum atomic E-state index is 13.0. The van der Waals surface area contributed by atoms with E-state index in [1.54, 1.807) is 19.1 Å². The summed E-state index contributed by atoms with van der Waals surface area (Å²) in [4.78, 5) is 30.6. The molecule has 2 amide bonds. The standard InChI is InChI=1S/C18H26ClN3O4/c1-5-26-18(24)22-9-7-20(25-4)6-8-21(22)17(23)12-16-13(2)10-15(19)11-14(16)3/h10-11H,5-9,12H2,1-4H3. The number of rotatable bonds is 4. The van der Waals surface area contributed by atoms with E-state index < -0.39 is 6.09 Å². The molecule has 0 bridgehead atoms. The Balaban J connectivity index is 2.23. The quantitative estimate of drug-likeness (QED) is 0.799. The van der Waals surface area contributed by atoms with E-state index in [1.165, 1.54) is 10.0 Å². The van der Waals surface area contributed by atoms with Crippen molar-refractivity contribution in [3.05, 3.63) is 33.8 Å². The highest BCUT2D eigenvalue weighted by Crippen LogP contribution is 2.22. The van der Waals surface area contributed by atoms with Gasteiger partial charge in [-0.05, 0) is 49.6 Å². The molecule has 2 rings (SSSR count). The number of ether oxygens (including phenoxy) is 1. The monoisotopic (exact) mass is 383 g/mol. The highest BCUT2D eigenvalue weighted by Gasteiger charge is 2.31. The molecule has 1 aromatic rings. The van der Waals surface area contributed by atoms with Gasteiger partial charge in [0.25, 0.3) is 0 Å². The molecule has 1 fully saturated rings. The van der Waals surface area contributed by atoms with Crippen LogP contribution in [0.1, 0.15) is 23.6 Å². The minimum Gasteiger partial charge on any atom is -0.448 e. The van der Waals surface area contributed by atoms with Gasteiger partial charge in [-0.15, -0.1) is 0 Å². The van der Waals surface area contributed by atoms with E-state index >= 15 is 0 Å². The van der Waals surface area contributed by atoms with Crippen molar-refractivity contribution in [1.29, 1.82) is 0 Å². The van der Waals surface area contributed by atoms with Crippen molar-refractivity contribution < 1.29 is 19.2 Å². The zero-order valence-corrected chi connectivity index (χ0v) is 16.5. The van der Waals surface area contributed by atoms with Crippen LogP contribution in [0.2, 0.25) is 5.02 Å². The number of hydrogen-bond acceptors (Lipinski definition) is 5. The summed E-state index contributed by atoms with van der Waals surface area (Å²) in [7, 11) is 1.58. The zero-order valence-electron chi connectivity index (χ0n) is 15.7. The normalized spacial score (nSPS) is 15.7. The molecule has 144 valence electrons. The molecule has 0 spiro atoms. The summed E-state index contributed by atoms with van der Waals surface area (Å²) in [6.07, 6.45) is -0.332. The minimum atomic E-state index is -0.525. The Labute approximate surface area is 159 Å². The van der Waals surface area contributed by atoms with E-state index in [0.29, 0.717) is 31.2 Å². The van der Waals surface area contributed by atoms with Crippen molar-refractivity contribution >= 4 is 23.6 Å². The molecule has 0 unspecified atom stereocenters. The second-order valence-corrected chi connectivity index (χ2v) is 6.58. The lowest BCUT2D eigenvalue weighted by atomic mass is 9.99. The first-order valence-corrected chi connectivity index (χ1v) is 9.04. The Kier molecular flexibility index (Phi) is 7.25. The second-order valence-electron chi connectivity index (χ2n) is 6.15. The molecule has 0 radical (unpaired) electrons. The van der Waals surface area contributed by atoms with Crippen LogP contribution in [0.15, 0.2) is 12.1 Å². The molecule has 1 saturated heterocycles. The van der Waals surface area contributed by atoms with Gasteiger partial charge in [-0.2, -0.15) is 5.06 Å². The van der Waals surface area contributed by atoms with Gasteiger partial charge in [0.15, 0.2) is 0 Å². The van der Waals surface area contributed by atoms with E-state index in [4.69, 9.17) is 21.2 Å². The highest BCUT2D eigenvalue weighted by molar-refractivity contribution is 6.30. The third kappa shape index (κ3) is 4.87. The zero-order chi connectivity index (χ0) is 19.3. The Morgan fingerprint density at radius 3 is 2.19 bits per heavy atom. The van der Waals surface area contributed by atoms with Crippen LogP contribution in [0.3, 0.4) is 0 Å². The fraction of sp³-hybridized carbons (Fsp3) is 0.556. The minimum absolute atomic E-state index is 0.162. The van der Waals surface area contributed by atoms with Crippen LogP contribution in [-0.2, 0) is 20.8 Å². The van der Waals surface area contributed by atoms with Crippen molar-refractivity contribution in [3.8, 4) is 0 Å². The highest BCUT2D eigenvalue weighted by atomic mass is 35.5. The van der Waals surface area contributed by atoms with Gasteiger partial charge in [0, 0.05) is 18.1 Å². The molecule has 8 heteroatoms. The van der Waals surface area contributed by atoms with Crippen LogP contribution in [0, 0.1) is 13.8 Å². The SMILES string of the molecule is CCOC(=O)N1CCN(OC)CCN1C(=O)Cc1c(C)cc(Cl)cc1C. The predicted octanol–water partition coefficient (Wildman–Crippen LogP) is 2.58. The lowest BCUT2D eigenvalue weighted by Gasteiger charge is -2.32. The summed E-state index contributed by atoms with van der Waals surface area (Å²) in [5.41, 5.74) is 2.84. The van der Waals surface area contributed by atoms with Gasteiger partial charge in [0.05, 0.1) is 33.2 Å². The number of aryl methyl sites for hydroxylation is 2.